The minimum atomic E-state index is 0.476. The number of hydrogen-bond donors (Lipinski definition) is 1. The molecule has 1 aliphatic heterocycles. The van der Waals surface area contributed by atoms with E-state index in [2.05, 4.69) is 38.2 Å². The van der Waals surface area contributed by atoms with E-state index < -0.39 is 0 Å². The van der Waals surface area contributed by atoms with Gasteiger partial charge in [0.05, 0.1) is 6.61 Å². The first-order valence-corrected chi connectivity index (χ1v) is 6.70. The number of benzene rings is 1. The normalized spacial score (nSPS) is 20.3. The molecule has 2 rings (SSSR count). The number of ether oxygens (including phenoxy) is 1. The van der Waals surface area contributed by atoms with Crippen LogP contribution in [0.15, 0.2) is 12.1 Å². The molecule has 0 bridgehead atoms. The third-order valence-corrected chi connectivity index (χ3v) is 3.68. The van der Waals surface area contributed by atoms with Crippen LogP contribution in [0.3, 0.4) is 0 Å². The molecule has 1 N–H and O–H groups in total. The minimum absolute atomic E-state index is 0.476. The van der Waals surface area contributed by atoms with Gasteiger partial charge in [-0.2, -0.15) is 0 Å². The van der Waals surface area contributed by atoms with Crippen LogP contribution in [0.4, 0.5) is 0 Å². The van der Waals surface area contributed by atoms with E-state index >= 15 is 0 Å². The van der Waals surface area contributed by atoms with Crippen molar-refractivity contribution in [2.75, 3.05) is 13.2 Å². The molecule has 1 fully saturated rings. The second-order valence-electron chi connectivity index (χ2n) is 4.86. The summed E-state index contributed by atoms with van der Waals surface area (Å²) >= 11 is 0. The van der Waals surface area contributed by atoms with Gasteiger partial charge in [-0.3, -0.25) is 0 Å². The summed E-state index contributed by atoms with van der Waals surface area (Å²) in [5.74, 6) is 1.10. The van der Waals surface area contributed by atoms with Gasteiger partial charge >= 0.3 is 0 Å². The summed E-state index contributed by atoms with van der Waals surface area (Å²) < 4.78 is 5.86. The van der Waals surface area contributed by atoms with E-state index in [4.69, 9.17) is 4.74 Å². The molecule has 1 aliphatic rings. The lowest BCUT2D eigenvalue weighted by molar-refractivity contribution is 0.321. The van der Waals surface area contributed by atoms with Gasteiger partial charge in [-0.1, -0.05) is 18.6 Å². The Morgan fingerprint density at radius 2 is 2.12 bits per heavy atom. The summed E-state index contributed by atoms with van der Waals surface area (Å²) in [7, 11) is 0. The maximum atomic E-state index is 5.86. The molecule has 1 atom stereocenters. The Balaban J connectivity index is 2.34. The van der Waals surface area contributed by atoms with Crippen LogP contribution in [0.25, 0.3) is 0 Å². The fourth-order valence-electron chi connectivity index (χ4n) is 2.54. The molecule has 1 unspecified atom stereocenters. The molecule has 17 heavy (non-hydrogen) atoms. The van der Waals surface area contributed by atoms with Gasteiger partial charge in [-0.25, -0.2) is 0 Å². The highest BCUT2D eigenvalue weighted by Gasteiger charge is 2.20. The Labute approximate surface area is 104 Å². The maximum absolute atomic E-state index is 5.86. The van der Waals surface area contributed by atoms with E-state index in [0.717, 1.165) is 18.9 Å². The standard InChI is InChI=1S/C15H23NO/c1-4-17-15-12(3)11(2)8-9-13(15)14-7-5-6-10-16-14/h8-9,14,16H,4-7,10H2,1-3H3. The molecule has 1 heterocycles. The molecule has 1 aromatic rings. The van der Waals surface area contributed by atoms with Crippen LogP contribution < -0.4 is 10.1 Å². The highest BCUT2D eigenvalue weighted by Crippen LogP contribution is 2.34. The van der Waals surface area contributed by atoms with E-state index in [9.17, 15) is 0 Å². The number of piperidine rings is 1. The molecule has 0 saturated carbocycles. The lowest BCUT2D eigenvalue weighted by atomic mass is 9.93. The second kappa shape index (κ2) is 5.54. The summed E-state index contributed by atoms with van der Waals surface area (Å²) in [6, 6.07) is 4.92. The molecule has 0 spiro atoms. The summed E-state index contributed by atoms with van der Waals surface area (Å²) in [4.78, 5) is 0. The molecule has 2 heteroatoms. The zero-order chi connectivity index (χ0) is 12.3. The minimum Gasteiger partial charge on any atom is -0.493 e. The Morgan fingerprint density at radius 1 is 1.29 bits per heavy atom. The Bertz CT molecular complexity index is 381. The van der Waals surface area contributed by atoms with Crippen molar-refractivity contribution in [1.29, 1.82) is 0 Å². The molecular formula is C15H23NO. The molecule has 0 amide bonds. The predicted molar refractivity (Wildman–Crippen MR) is 71.7 cm³/mol. The molecule has 94 valence electrons. The molecule has 1 saturated heterocycles. The van der Waals surface area contributed by atoms with Crippen molar-refractivity contribution in [3.05, 3.63) is 28.8 Å². The van der Waals surface area contributed by atoms with Gasteiger partial charge in [-0.05, 0) is 51.3 Å². The highest BCUT2D eigenvalue weighted by molar-refractivity contribution is 5.47. The van der Waals surface area contributed by atoms with Crippen molar-refractivity contribution in [2.24, 2.45) is 0 Å². The first-order chi connectivity index (χ1) is 8.24. The summed E-state index contributed by atoms with van der Waals surface area (Å²) in [5, 5.41) is 3.60. The van der Waals surface area contributed by atoms with E-state index in [-0.39, 0.29) is 0 Å². The number of hydrogen-bond acceptors (Lipinski definition) is 2. The predicted octanol–water partition coefficient (Wildman–Crippen LogP) is 3.52. The van der Waals surface area contributed by atoms with Gasteiger partial charge in [0, 0.05) is 11.6 Å². The van der Waals surface area contributed by atoms with Gasteiger partial charge in [0.15, 0.2) is 0 Å². The Hall–Kier alpha value is -1.02. The van der Waals surface area contributed by atoms with Gasteiger partial charge in [0.1, 0.15) is 5.75 Å². The van der Waals surface area contributed by atoms with Crippen LogP contribution >= 0.6 is 0 Å². The smallest absolute Gasteiger partial charge is 0.127 e. The van der Waals surface area contributed by atoms with Crippen LogP contribution in [0.1, 0.15) is 48.9 Å². The van der Waals surface area contributed by atoms with E-state index in [1.807, 2.05) is 0 Å². The van der Waals surface area contributed by atoms with Gasteiger partial charge in [-0.15, -0.1) is 0 Å². The number of nitrogens with one attached hydrogen (secondary N) is 1. The van der Waals surface area contributed by atoms with Crippen molar-refractivity contribution in [2.45, 2.75) is 46.1 Å². The van der Waals surface area contributed by atoms with E-state index in [0.29, 0.717) is 6.04 Å². The van der Waals surface area contributed by atoms with Crippen molar-refractivity contribution in [3.63, 3.8) is 0 Å². The van der Waals surface area contributed by atoms with Crippen LogP contribution in [0.5, 0.6) is 5.75 Å². The van der Waals surface area contributed by atoms with Crippen LogP contribution in [-0.2, 0) is 0 Å². The zero-order valence-electron chi connectivity index (χ0n) is 11.2. The molecular weight excluding hydrogens is 210 g/mol. The summed E-state index contributed by atoms with van der Waals surface area (Å²) in [6.07, 6.45) is 3.84. The first-order valence-electron chi connectivity index (χ1n) is 6.70. The quantitative estimate of drug-likeness (QED) is 0.862. The van der Waals surface area contributed by atoms with Crippen molar-refractivity contribution < 1.29 is 4.74 Å². The summed E-state index contributed by atoms with van der Waals surface area (Å²) in [5.41, 5.74) is 3.94. The lowest BCUT2D eigenvalue weighted by Gasteiger charge is -2.27. The highest BCUT2D eigenvalue weighted by atomic mass is 16.5. The molecule has 0 radical (unpaired) electrons. The van der Waals surface area contributed by atoms with Gasteiger partial charge in [0.25, 0.3) is 0 Å². The first kappa shape index (κ1) is 12.4. The van der Waals surface area contributed by atoms with Crippen molar-refractivity contribution in [1.82, 2.24) is 5.32 Å². The van der Waals surface area contributed by atoms with Gasteiger partial charge < -0.3 is 10.1 Å². The maximum Gasteiger partial charge on any atom is 0.127 e. The van der Waals surface area contributed by atoms with E-state index in [1.165, 1.54) is 36.0 Å². The Kier molecular flexibility index (Phi) is 4.06. The molecule has 0 aliphatic carbocycles. The monoisotopic (exact) mass is 233 g/mol. The van der Waals surface area contributed by atoms with Crippen LogP contribution in [0.2, 0.25) is 0 Å². The van der Waals surface area contributed by atoms with Crippen molar-refractivity contribution in [3.8, 4) is 5.75 Å². The average Bonchev–Trinajstić information content (AvgIpc) is 2.36. The van der Waals surface area contributed by atoms with Crippen molar-refractivity contribution >= 4 is 0 Å². The second-order valence-corrected chi connectivity index (χ2v) is 4.86. The third kappa shape index (κ3) is 2.63. The Morgan fingerprint density at radius 3 is 2.76 bits per heavy atom. The van der Waals surface area contributed by atoms with Crippen LogP contribution in [-0.4, -0.2) is 13.2 Å². The third-order valence-electron chi connectivity index (χ3n) is 3.68. The van der Waals surface area contributed by atoms with Gasteiger partial charge in [0.2, 0.25) is 0 Å². The fraction of sp³-hybridized carbons (Fsp3) is 0.600. The zero-order valence-corrected chi connectivity index (χ0v) is 11.2. The molecule has 2 nitrogen and oxygen atoms in total. The number of rotatable bonds is 3. The number of aryl methyl sites for hydroxylation is 1. The molecule has 0 aromatic heterocycles. The fourth-order valence-corrected chi connectivity index (χ4v) is 2.54. The summed E-state index contributed by atoms with van der Waals surface area (Å²) in [6.45, 7) is 8.23. The largest absolute Gasteiger partial charge is 0.493 e. The topological polar surface area (TPSA) is 21.3 Å². The lowest BCUT2D eigenvalue weighted by Crippen LogP contribution is -2.27. The average molecular weight is 233 g/mol. The molecule has 1 aromatic carbocycles. The van der Waals surface area contributed by atoms with E-state index in [1.54, 1.807) is 0 Å². The van der Waals surface area contributed by atoms with Crippen LogP contribution in [0, 0.1) is 13.8 Å². The SMILES string of the molecule is CCOc1c(C2CCCCN2)ccc(C)c1C.